The van der Waals surface area contributed by atoms with Crippen LogP contribution in [0.1, 0.15) is 30.9 Å². The summed E-state index contributed by atoms with van der Waals surface area (Å²) in [6.07, 6.45) is 4.07. The molecule has 1 aromatic rings. The third kappa shape index (κ3) is 2.63. The molecular weight excluding hydrogens is 200 g/mol. The Hall–Kier alpha value is -1.31. The molecule has 0 saturated heterocycles. The summed E-state index contributed by atoms with van der Waals surface area (Å²) < 4.78 is 0. The molecule has 2 rings (SSSR count). The van der Waals surface area contributed by atoms with Gasteiger partial charge < -0.3 is 5.11 Å². The lowest BCUT2D eigenvalue weighted by Crippen LogP contribution is -2.01. The van der Waals surface area contributed by atoms with E-state index in [-0.39, 0.29) is 5.92 Å². The molecule has 1 fully saturated rings. The summed E-state index contributed by atoms with van der Waals surface area (Å²) in [4.78, 5) is 10.7. The predicted octanol–water partition coefficient (Wildman–Crippen LogP) is 2.90. The number of rotatable bonds is 5. The zero-order valence-electron chi connectivity index (χ0n) is 9.65. The summed E-state index contributed by atoms with van der Waals surface area (Å²) in [6.45, 7) is 2.18. The highest BCUT2D eigenvalue weighted by Gasteiger charge is 2.42. The van der Waals surface area contributed by atoms with Gasteiger partial charge >= 0.3 is 5.97 Å². The monoisotopic (exact) mass is 218 g/mol. The van der Waals surface area contributed by atoms with Gasteiger partial charge in [-0.2, -0.15) is 0 Å². The average Bonchev–Trinajstić information content (AvgIpc) is 3.01. The molecule has 2 heteroatoms. The van der Waals surface area contributed by atoms with Gasteiger partial charge in [-0.15, -0.1) is 0 Å². The van der Waals surface area contributed by atoms with Crippen molar-refractivity contribution in [3.8, 4) is 0 Å². The van der Waals surface area contributed by atoms with Crippen molar-refractivity contribution in [1.82, 2.24) is 0 Å². The number of hydrogen-bond acceptors (Lipinski definition) is 1. The number of carboxylic acids is 1. The van der Waals surface area contributed by atoms with Gasteiger partial charge in [-0.05, 0) is 36.3 Å². The zero-order valence-corrected chi connectivity index (χ0v) is 9.65. The molecule has 1 aliphatic rings. The van der Waals surface area contributed by atoms with Gasteiger partial charge in [0.15, 0.2) is 0 Å². The molecule has 1 N–H and O–H groups in total. The number of benzene rings is 1. The van der Waals surface area contributed by atoms with E-state index in [1.54, 1.807) is 0 Å². The fraction of sp³-hybridized carbons (Fsp3) is 0.500. The Morgan fingerprint density at radius 2 is 1.94 bits per heavy atom. The van der Waals surface area contributed by atoms with Crippen molar-refractivity contribution in [3.63, 3.8) is 0 Å². The summed E-state index contributed by atoms with van der Waals surface area (Å²) in [7, 11) is 0. The van der Waals surface area contributed by atoms with Gasteiger partial charge in [0.25, 0.3) is 0 Å². The van der Waals surface area contributed by atoms with E-state index < -0.39 is 5.97 Å². The van der Waals surface area contributed by atoms with Crippen LogP contribution in [-0.4, -0.2) is 11.1 Å². The molecule has 86 valence electrons. The Bertz CT molecular complexity index is 367. The highest BCUT2D eigenvalue weighted by Crippen LogP contribution is 2.41. The largest absolute Gasteiger partial charge is 0.481 e. The molecule has 0 unspecified atom stereocenters. The molecule has 0 aliphatic heterocycles. The minimum absolute atomic E-state index is 0.0877. The molecule has 2 nitrogen and oxygen atoms in total. The number of hydrogen-bond donors (Lipinski definition) is 1. The van der Waals surface area contributed by atoms with Crippen molar-refractivity contribution in [2.45, 2.75) is 32.6 Å². The summed E-state index contributed by atoms with van der Waals surface area (Å²) >= 11 is 0. The Morgan fingerprint density at radius 3 is 2.44 bits per heavy atom. The first-order valence-electron chi connectivity index (χ1n) is 6.01. The molecule has 0 amide bonds. The molecule has 0 spiro atoms. The number of carboxylic acid groups (broad SMARTS) is 1. The standard InChI is InChI=1S/C14H18O2/c1-2-3-10-4-6-11(7-5-10)8-12-9-13(12)14(15)16/h4-7,12-13H,2-3,8-9H2,1H3,(H,15,16)/t12-,13+/m0/s1. The van der Waals surface area contributed by atoms with Crippen LogP contribution in [0.4, 0.5) is 0 Å². The molecule has 0 radical (unpaired) electrons. The fourth-order valence-corrected chi connectivity index (χ4v) is 2.21. The molecule has 1 aromatic carbocycles. The second-order valence-corrected chi connectivity index (χ2v) is 4.71. The second kappa shape index (κ2) is 4.69. The smallest absolute Gasteiger partial charge is 0.306 e. The first-order valence-corrected chi connectivity index (χ1v) is 6.01. The Kier molecular flexibility index (Phi) is 3.28. The van der Waals surface area contributed by atoms with Gasteiger partial charge in [0.05, 0.1) is 5.92 Å². The van der Waals surface area contributed by atoms with Crippen LogP contribution in [-0.2, 0) is 17.6 Å². The lowest BCUT2D eigenvalue weighted by atomic mass is 10.0. The van der Waals surface area contributed by atoms with Crippen LogP contribution < -0.4 is 0 Å². The lowest BCUT2D eigenvalue weighted by Gasteiger charge is -2.02. The minimum atomic E-state index is -0.632. The second-order valence-electron chi connectivity index (χ2n) is 4.71. The van der Waals surface area contributed by atoms with Gasteiger partial charge in [0.1, 0.15) is 0 Å². The number of aliphatic carboxylic acids is 1. The first-order chi connectivity index (χ1) is 7.70. The Balaban J connectivity index is 1.89. The van der Waals surface area contributed by atoms with Crippen LogP contribution in [0.5, 0.6) is 0 Å². The average molecular weight is 218 g/mol. The molecule has 0 bridgehead atoms. The van der Waals surface area contributed by atoms with E-state index >= 15 is 0 Å². The topological polar surface area (TPSA) is 37.3 Å². The maximum atomic E-state index is 10.7. The maximum absolute atomic E-state index is 10.7. The van der Waals surface area contributed by atoms with Crippen LogP contribution in [0.2, 0.25) is 0 Å². The van der Waals surface area contributed by atoms with E-state index in [2.05, 4.69) is 31.2 Å². The van der Waals surface area contributed by atoms with Crippen molar-refractivity contribution in [1.29, 1.82) is 0 Å². The lowest BCUT2D eigenvalue weighted by molar-refractivity contribution is -0.138. The van der Waals surface area contributed by atoms with E-state index in [9.17, 15) is 4.79 Å². The Morgan fingerprint density at radius 1 is 1.31 bits per heavy atom. The van der Waals surface area contributed by atoms with E-state index in [1.165, 1.54) is 17.5 Å². The van der Waals surface area contributed by atoms with Crippen molar-refractivity contribution in [3.05, 3.63) is 35.4 Å². The summed E-state index contributed by atoms with van der Waals surface area (Å²) in [5.41, 5.74) is 2.64. The Labute approximate surface area is 96.3 Å². The van der Waals surface area contributed by atoms with Gasteiger partial charge in [0.2, 0.25) is 0 Å². The van der Waals surface area contributed by atoms with Gasteiger partial charge in [0, 0.05) is 0 Å². The molecule has 0 aromatic heterocycles. The summed E-state index contributed by atoms with van der Waals surface area (Å²) in [5, 5.41) is 8.82. The van der Waals surface area contributed by atoms with Crippen molar-refractivity contribution in [2.75, 3.05) is 0 Å². The molecule has 1 aliphatic carbocycles. The van der Waals surface area contributed by atoms with Crippen molar-refractivity contribution < 1.29 is 9.90 Å². The summed E-state index contributed by atoms with van der Waals surface area (Å²) in [6, 6.07) is 8.61. The van der Waals surface area contributed by atoms with Crippen LogP contribution in [0, 0.1) is 11.8 Å². The maximum Gasteiger partial charge on any atom is 0.306 e. The molecule has 2 atom stereocenters. The molecule has 16 heavy (non-hydrogen) atoms. The van der Waals surface area contributed by atoms with Crippen LogP contribution in [0.15, 0.2) is 24.3 Å². The predicted molar refractivity (Wildman–Crippen MR) is 63.4 cm³/mol. The van der Waals surface area contributed by atoms with E-state index in [0.717, 1.165) is 19.3 Å². The van der Waals surface area contributed by atoms with Crippen LogP contribution in [0.25, 0.3) is 0 Å². The van der Waals surface area contributed by atoms with E-state index in [1.807, 2.05) is 0 Å². The molecule has 0 heterocycles. The molecular formula is C14H18O2. The third-order valence-corrected chi connectivity index (χ3v) is 3.30. The molecule has 1 saturated carbocycles. The van der Waals surface area contributed by atoms with Gasteiger partial charge in [-0.3, -0.25) is 4.79 Å². The highest BCUT2D eigenvalue weighted by molar-refractivity contribution is 5.73. The zero-order chi connectivity index (χ0) is 11.5. The number of aryl methyl sites for hydroxylation is 1. The SMILES string of the molecule is CCCc1ccc(C[C@H]2C[C@H]2C(=O)O)cc1. The quantitative estimate of drug-likeness (QED) is 0.825. The van der Waals surface area contributed by atoms with Crippen molar-refractivity contribution in [2.24, 2.45) is 11.8 Å². The summed E-state index contributed by atoms with van der Waals surface area (Å²) in [5.74, 6) is -0.350. The van der Waals surface area contributed by atoms with Gasteiger partial charge in [-0.25, -0.2) is 0 Å². The van der Waals surface area contributed by atoms with Gasteiger partial charge in [-0.1, -0.05) is 37.6 Å². The van der Waals surface area contributed by atoms with E-state index in [0.29, 0.717) is 5.92 Å². The normalized spacial score (nSPS) is 23.1. The third-order valence-electron chi connectivity index (χ3n) is 3.30. The highest BCUT2D eigenvalue weighted by atomic mass is 16.4. The minimum Gasteiger partial charge on any atom is -0.481 e. The first kappa shape index (κ1) is 11.2. The fourth-order valence-electron chi connectivity index (χ4n) is 2.21. The number of carbonyl (C=O) groups is 1. The van der Waals surface area contributed by atoms with E-state index in [4.69, 9.17) is 5.11 Å². The van der Waals surface area contributed by atoms with Crippen molar-refractivity contribution >= 4 is 5.97 Å². The van der Waals surface area contributed by atoms with Crippen LogP contribution in [0.3, 0.4) is 0 Å². The van der Waals surface area contributed by atoms with Crippen LogP contribution >= 0.6 is 0 Å².